The molecule has 1 aromatic carbocycles. The molecule has 1 unspecified atom stereocenters. The molecule has 0 spiro atoms. The van der Waals surface area contributed by atoms with Gasteiger partial charge in [-0.2, -0.15) is 4.39 Å². The maximum Gasteiger partial charge on any atom is 0.254 e. The maximum absolute atomic E-state index is 13.7. The number of pyridine rings is 1. The number of imidazole rings is 2. The highest BCUT2D eigenvalue weighted by Gasteiger charge is 2.41. The highest BCUT2D eigenvalue weighted by Crippen LogP contribution is 2.30. The van der Waals surface area contributed by atoms with Crippen LogP contribution in [-0.4, -0.2) is 60.2 Å². The van der Waals surface area contributed by atoms with Crippen LogP contribution in [0.2, 0.25) is 0 Å². The Morgan fingerprint density at radius 3 is 2.91 bits per heavy atom. The van der Waals surface area contributed by atoms with Gasteiger partial charge in [0.15, 0.2) is 5.82 Å². The number of carbonyl (C=O) groups is 1. The zero-order valence-corrected chi connectivity index (χ0v) is 18.9. The first kappa shape index (κ1) is 21.0. The van der Waals surface area contributed by atoms with Crippen molar-refractivity contribution in [3.63, 3.8) is 0 Å². The van der Waals surface area contributed by atoms with E-state index in [0.29, 0.717) is 36.8 Å². The van der Waals surface area contributed by atoms with Gasteiger partial charge in [-0.15, -0.1) is 0 Å². The van der Waals surface area contributed by atoms with E-state index in [1.165, 1.54) is 6.07 Å². The Hall–Kier alpha value is -3.59. The Bertz CT molecular complexity index is 1380. The number of likely N-dealkylation sites (tertiary alicyclic amines) is 1. The number of morpholine rings is 1. The molecule has 3 aromatic heterocycles. The molecule has 9 heteroatoms. The largest absolute Gasteiger partial charge is 0.374 e. The Morgan fingerprint density at radius 1 is 1.24 bits per heavy atom. The van der Waals surface area contributed by atoms with Crippen molar-refractivity contribution in [2.24, 2.45) is 0 Å². The second-order valence-corrected chi connectivity index (χ2v) is 8.91. The van der Waals surface area contributed by atoms with Gasteiger partial charge in [0.25, 0.3) is 5.91 Å². The number of carbonyl (C=O) groups excluding carboxylic acids is 1. The number of aryl methyl sites for hydroxylation is 1. The molecule has 34 heavy (non-hydrogen) atoms. The summed E-state index contributed by atoms with van der Waals surface area (Å²) < 4.78 is 23.4. The van der Waals surface area contributed by atoms with Crippen molar-refractivity contribution in [1.29, 1.82) is 0 Å². The van der Waals surface area contributed by atoms with Crippen molar-refractivity contribution in [2.45, 2.75) is 45.0 Å². The van der Waals surface area contributed by atoms with Gasteiger partial charge in [0.2, 0.25) is 5.95 Å². The lowest BCUT2D eigenvalue weighted by molar-refractivity contribution is 0.0259. The molecule has 6 rings (SSSR count). The second kappa shape index (κ2) is 8.32. The normalized spacial score (nSPS) is 19.4. The van der Waals surface area contributed by atoms with E-state index in [1.54, 1.807) is 18.3 Å². The second-order valence-electron chi connectivity index (χ2n) is 8.91. The average Bonchev–Trinajstić information content (AvgIpc) is 3.63. The molecule has 2 fully saturated rings. The SMILES string of the molecule is CCCn1c(Cn2ccnc2-c2cccc(F)n2)nc2ccc(C(=O)N3CC4C[C@@H]3CO4)cc21. The molecule has 0 N–H and O–H groups in total. The summed E-state index contributed by atoms with van der Waals surface area (Å²) in [5.41, 5.74) is 2.93. The van der Waals surface area contributed by atoms with Crippen molar-refractivity contribution in [3.05, 3.63) is 66.1 Å². The van der Waals surface area contributed by atoms with Gasteiger partial charge in [-0.25, -0.2) is 15.0 Å². The number of rotatable bonds is 6. The van der Waals surface area contributed by atoms with Gasteiger partial charge in [0.1, 0.15) is 11.5 Å². The fourth-order valence-electron chi connectivity index (χ4n) is 5.07. The minimum atomic E-state index is -0.541. The van der Waals surface area contributed by atoms with Crippen molar-refractivity contribution >= 4 is 16.9 Å². The lowest BCUT2D eigenvalue weighted by atomic mass is 10.1. The molecule has 2 aliphatic heterocycles. The number of ether oxygens (including phenoxy) is 1. The summed E-state index contributed by atoms with van der Waals surface area (Å²) in [4.78, 5) is 28.4. The third-order valence-corrected chi connectivity index (χ3v) is 6.65. The summed E-state index contributed by atoms with van der Waals surface area (Å²) in [6.45, 7) is 4.64. The van der Waals surface area contributed by atoms with Crippen LogP contribution in [0.15, 0.2) is 48.8 Å². The van der Waals surface area contributed by atoms with Gasteiger partial charge in [0, 0.05) is 31.0 Å². The van der Waals surface area contributed by atoms with Crippen molar-refractivity contribution in [2.75, 3.05) is 13.2 Å². The third-order valence-electron chi connectivity index (χ3n) is 6.65. The Balaban J connectivity index is 1.34. The number of nitrogens with zero attached hydrogens (tertiary/aromatic N) is 6. The van der Waals surface area contributed by atoms with E-state index in [2.05, 4.69) is 21.5 Å². The molecular weight excluding hydrogens is 435 g/mol. The molecular formula is C25H25FN6O2. The summed E-state index contributed by atoms with van der Waals surface area (Å²) in [5.74, 6) is 0.945. The quantitative estimate of drug-likeness (QED) is 0.412. The van der Waals surface area contributed by atoms with E-state index in [0.717, 1.165) is 36.2 Å². The molecule has 8 nitrogen and oxygen atoms in total. The molecule has 4 aromatic rings. The molecule has 5 heterocycles. The molecule has 0 saturated carbocycles. The Morgan fingerprint density at radius 2 is 2.15 bits per heavy atom. The predicted molar refractivity (Wildman–Crippen MR) is 124 cm³/mol. The minimum Gasteiger partial charge on any atom is -0.374 e. The van der Waals surface area contributed by atoms with Crippen LogP contribution in [0.4, 0.5) is 4.39 Å². The Kier molecular flexibility index (Phi) is 5.13. The van der Waals surface area contributed by atoms with E-state index in [9.17, 15) is 9.18 Å². The molecule has 174 valence electrons. The standard InChI is InChI=1S/C25H25FN6O2/c1-2-9-31-21-11-16(25(33)32-13-18-12-17(32)15-34-18)6-7-19(21)29-23(31)14-30-10-8-27-24(30)20-4-3-5-22(26)28-20/h3-8,10-11,17-18H,2,9,12-15H2,1H3/t17-,18?/m1/s1. The first-order valence-corrected chi connectivity index (χ1v) is 11.7. The van der Waals surface area contributed by atoms with Crippen LogP contribution in [0.25, 0.3) is 22.6 Å². The summed E-state index contributed by atoms with van der Waals surface area (Å²) in [6.07, 6.45) is 5.55. The number of aromatic nitrogens is 5. The van der Waals surface area contributed by atoms with Crippen LogP contribution in [0.3, 0.4) is 0 Å². The van der Waals surface area contributed by atoms with E-state index >= 15 is 0 Å². The van der Waals surface area contributed by atoms with E-state index in [4.69, 9.17) is 9.72 Å². The lowest BCUT2D eigenvalue weighted by Gasteiger charge is -2.27. The van der Waals surface area contributed by atoms with Gasteiger partial charge >= 0.3 is 0 Å². The van der Waals surface area contributed by atoms with Gasteiger partial charge < -0.3 is 18.8 Å². The van der Waals surface area contributed by atoms with Gasteiger partial charge in [-0.3, -0.25) is 4.79 Å². The molecule has 2 aliphatic rings. The van der Waals surface area contributed by atoms with Crippen LogP contribution >= 0.6 is 0 Å². The molecule has 2 atom stereocenters. The van der Waals surface area contributed by atoms with E-state index in [1.807, 2.05) is 33.9 Å². The monoisotopic (exact) mass is 460 g/mol. The molecule has 0 aliphatic carbocycles. The first-order chi connectivity index (χ1) is 16.6. The summed E-state index contributed by atoms with van der Waals surface area (Å²) in [5, 5.41) is 0. The van der Waals surface area contributed by atoms with Crippen molar-refractivity contribution < 1.29 is 13.9 Å². The average molecular weight is 461 g/mol. The minimum absolute atomic E-state index is 0.0533. The van der Waals surface area contributed by atoms with Gasteiger partial charge in [-0.1, -0.05) is 13.0 Å². The van der Waals surface area contributed by atoms with Crippen molar-refractivity contribution in [1.82, 2.24) is 29.0 Å². The van der Waals surface area contributed by atoms with E-state index in [-0.39, 0.29) is 18.1 Å². The highest BCUT2D eigenvalue weighted by molar-refractivity contribution is 5.98. The number of fused-ring (bicyclic) bond motifs is 3. The number of halogens is 1. The van der Waals surface area contributed by atoms with Crippen molar-refractivity contribution in [3.8, 4) is 11.5 Å². The number of hydrogen-bond acceptors (Lipinski definition) is 5. The third kappa shape index (κ3) is 3.56. The smallest absolute Gasteiger partial charge is 0.254 e. The lowest BCUT2D eigenvalue weighted by Crippen LogP contribution is -2.41. The number of hydrogen-bond donors (Lipinski definition) is 0. The van der Waals surface area contributed by atoms with Crippen LogP contribution < -0.4 is 0 Å². The maximum atomic E-state index is 13.7. The predicted octanol–water partition coefficient (Wildman–Crippen LogP) is 3.51. The number of benzene rings is 1. The highest BCUT2D eigenvalue weighted by atomic mass is 19.1. The van der Waals surface area contributed by atoms with Crippen LogP contribution in [0.1, 0.15) is 35.9 Å². The van der Waals surface area contributed by atoms with Crippen LogP contribution in [0, 0.1) is 5.95 Å². The Labute approximate surface area is 196 Å². The number of amides is 1. The van der Waals surface area contributed by atoms with Crippen LogP contribution in [-0.2, 0) is 17.8 Å². The first-order valence-electron chi connectivity index (χ1n) is 11.7. The fraction of sp³-hybridized carbons (Fsp3) is 0.360. The van der Waals surface area contributed by atoms with Gasteiger partial charge in [-0.05, 0) is 43.2 Å². The summed E-state index contributed by atoms with van der Waals surface area (Å²) >= 11 is 0. The fourth-order valence-corrected chi connectivity index (χ4v) is 5.07. The van der Waals surface area contributed by atoms with Crippen LogP contribution in [0.5, 0.6) is 0 Å². The topological polar surface area (TPSA) is 78.1 Å². The summed E-state index contributed by atoms with van der Waals surface area (Å²) in [6, 6.07) is 10.6. The molecule has 2 bridgehead atoms. The molecule has 2 saturated heterocycles. The van der Waals surface area contributed by atoms with E-state index < -0.39 is 5.95 Å². The summed E-state index contributed by atoms with van der Waals surface area (Å²) in [7, 11) is 0. The zero-order valence-electron chi connectivity index (χ0n) is 18.9. The molecule has 0 radical (unpaired) electrons. The van der Waals surface area contributed by atoms with Gasteiger partial charge in [0.05, 0.1) is 36.3 Å². The molecule has 1 amide bonds. The zero-order chi connectivity index (χ0) is 23.2.